The van der Waals surface area contributed by atoms with Gasteiger partial charge in [-0.05, 0) is 30.7 Å². The summed E-state index contributed by atoms with van der Waals surface area (Å²) >= 11 is 5.68. The molecule has 0 aliphatic rings. The smallest absolute Gasteiger partial charge is 0.152 e. The number of aromatic nitrogens is 1. The van der Waals surface area contributed by atoms with Crippen LogP contribution >= 0.6 is 11.6 Å². The Labute approximate surface area is 75.9 Å². The number of halogens is 1. The number of carbonyl (C=O) groups excluding carboxylic acids is 1. The van der Waals surface area contributed by atoms with Crippen molar-refractivity contribution < 1.29 is 4.79 Å². The minimum absolute atomic E-state index is 0.00924. The van der Waals surface area contributed by atoms with E-state index < -0.39 is 0 Å². The van der Waals surface area contributed by atoms with E-state index in [1.807, 2.05) is 0 Å². The predicted molar refractivity (Wildman–Crippen MR) is 49.0 cm³/mol. The van der Waals surface area contributed by atoms with Crippen molar-refractivity contribution in [2.75, 3.05) is 0 Å². The maximum absolute atomic E-state index is 10.6. The van der Waals surface area contributed by atoms with Crippen molar-refractivity contribution in [3.63, 3.8) is 0 Å². The normalized spacial score (nSPS) is 10.5. The lowest BCUT2D eigenvalue weighted by Gasteiger charge is -1.91. The number of hydrogen-bond acceptors (Lipinski definition) is 2. The predicted octanol–water partition coefficient (Wildman–Crippen LogP) is 2.34. The standard InChI is InChI=1S/C9H8ClNO/c1-7(12)2-3-8-4-9(10)6-11-5-8/h2-6H,1H3. The number of ketones is 1. The lowest BCUT2D eigenvalue weighted by atomic mass is 10.2. The molecule has 62 valence electrons. The molecule has 12 heavy (non-hydrogen) atoms. The number of rotatable bonds is 2. The van der Waals surface area contributed by atoms with Crippen molar-refractivity contribution in [2.45, 2.75) is 6.92 Å². The molecule has 0 aromatic carbocycles. The summed E-state index contributed by atoms with van der Waals surface area (Å²) in [5, 5.41) is 0.570. The zero-order chi connectivity index (χ0) is 8.97. The number of nitrogens with zero attached hydrogens (tertiary/aromatic N) is 1. The molecule has 2 nitrogen and oxygen atoms in total. The van der Waals surface area contributed by atoms with Crippen LogP contribution in [0.4, 0.5) is 0 Å². The van der Waals surface area contributed by atoms with E-state index in [-0.39, 0.29) is 5.78 Å². The summed E-state index contributed by atoms with van der Waals surface area (Å²) in [5.74, 6) is 0.00924. The molecule has 0 spiro atoms. The fraction of sp³-hybridized carbons (Fsp3) is 0.111. The fourth-order valence-electron chi connectivity index (χ4n) is 0.733. The molecular formula is C9H8ClNO. The highest BCUT2D eigenvalue weighted by Gasteiger charge is 1.90. The Morgan fingerprint density at radius 1 is 1.58 bits per heavy atom. The molecule has 0 saturated carbocycles. The van der Waals surface area contributed by atoms with E-state index in [9.17, 15) is 4.79 Å². The highest BCUT2D eigenvalue weighted by molar-refractivity contribution is 6.30. The number of carbonyl (C=O) groups is 1. The molecular weight excluding hydrogens is 174 g/mol. The molecule has 0 bridgehead atoms. The quantitative estimate of drug-likeness (QED) is 0.656. The van der Waals surface area contributed by atoms with Crippen LogP contribution in [0.5, 0.6) is 0 Å². The zero-order valence-corrected chi connectivity index (χ0v) is 7.38. The maximum atomic E-state index is 10.6. The van der Waals surface area contributed by atoms with Gasteiger partial charge in [0.15, 0.2) is 5.78 Å². The van der Waals surface area contributed by atoms with E-state index in [1.54, 1.807) is 24.5 Å². The van der Waals surface area contributed by atoms with Gasteiger partial charge < -0.3 is 0 Å². The first kappa shape index (κ1) is 8.94. The van der Waals surface area contributed by atoms with Crippen LogP contribution in [0.25, 0.3) is 6.08 Å². The Kier molecular flexibility index (Phi) is 3.00. The summed E-state index contributed by atoms with van der Waals surface area (Å²) in [7, 11) is 0. The van der Waals surface area contributed by atoms with Gasteiger partial charge in [-0.15, -0.1) is 0 Å². The summed E-state index contributed by atoms with van der Waals surface area (Å²) < 4.78 is 0. The van der Waals surface area contributed by atoms with Crippen LogP contribution in [0.2, 0.25) is 5.02 Å². The van der Waals surface area contributed by atoms with Crippen molar-refractivity contribution in [2.24, 2.45) is 0 Å². The number of pyridine rings is 1. The first-order valence-corrected chi connectivity index (χ1v) is 3.85. The number of hydrogen-bond donors (Lipinski definition) is 0. The average Bonchev–Trinajstić information content (AvgIpc) is 2.01. The van der Waals surface area contributed by atoms with Gasteiger partial charge in [0.05, 0.1) is 5.02 Å². The van der Waals surface area contributed by atoms with Gasteiger partial charge in [-0.3, -0.25) is 9.78 Å². The van der Waals surface area contributed by atoms with Gasteiger partial charge in [0, 0.05) is 12.4 Å². The van der Waals surface area contributed by atoms with Crippen molar-refractivity contribution in [3.8, 4) is 0 Å². The maximum Gasteiger partial charge on any atom is 0.152 e. The molecule has 1 heterocycles. The molecule has 0 atom stereocenters. The minimum atomic E-state index is 0.00924. The molecule has 0 saturated heterocycles. The van der Waals surface area contributed by atoms with Crippen LogP contribution < -0.4 is 0 Å². The molecule has 0 amide bonds. The Hall–Kier alpha value is -1.15. The van der Waals surface area contributed by atoms with Crippen LogP contribution in [0.1, 0.15) is 12.5 Å². The van der Waals surface area contributed by atoms with Crippen LogP contribution in [-0.4, -0.2) is 10.8 Å². The highest BCUT2D eigenvalue weighted by atomic mass is 35.5. The van der Waals surface area contributed by atoms with Crippen LogP contribution in [0, 0.1) is 0 Å². The number of allylic oxidation sites excluding steroid dienone is 1. The molecule has 0 aliphatic carbocycles. The van der Waals surface area contributed by atoms with Gasteiger partial charge in [0.25, 0.3) is 0 Å². The second-order valence-electron chi connectivity index (χ2n) is 2.38. The Bertz CT molecular complexity index is 320. The van der Waals surface area contributed by atoms with Gasteiger partial charge in [0.2, 0.25) is 0 Å². The second kappa shape index (κ2) is 4.02. The highest BCUT2D eigenvalue weighted by Crippen LogP contribution is 2.09. The fourth-order valence-corrected chi connectivity index (χ4v) is 0.915. The lowest BCUT2D eigenvalue weighted by molar-refractivity contribution is -0.112. The Morgan fingerprint density at radius 3 is 2.92 bits per heavy atom. The molecule has 1 aromatic heterocycles. The van der Waals surface area contributed by atoms with E-state index in [0.717, 1.165) is 5.56 Å². The summed E-state index contributed by atoms with van der Waals surface area (Å²) in [5.41, 5.74) is 0.831. The molecule has 0 aliphatic heterocycles. The first-order valence-electron chi connectivity index (χ1n) is 3.47. The van der Waals surface area contributed by atoms with Crippen LogP contribution in [-0.2, 0) is 4.79 Å². The monoisotopic (exact) mass is 181 g/mol. The zero-order valence-electron chi connectivity index (χ0n) is 6.62. The van der Waals surface area contributed by atoms with E-state index in [0.29, 0.717) is 5.02 Å². The van der Waals surface area contributed by atoms with Crippen molar-refractivity contribution in [1.82, 2.24) is 4.98 Å². The van der Waals surface area contributed by atoms with Gasteiger partial charge in [-0.1, -0.05) is 11.6 Å². The lowest BCUT2D eigenvalue weighted by Crippen LogP contribution is -1.81. The molecule has 1 rings (SSSR count). The molecule has 0 radical (unpaired) electrons. The van der Waals surface area contributed by atoms with E-state index >= 15 is 0 Å². The van der Waals surface area contributed by atoms with Crippen molar-refractivity contribution >= 4 is 23.5 Å². The third-order valence-electron chi connectivity index (χ3n) is 1.24. The summed E-state index contributed by atoms with van der Waals surface area (Å²) in [4.78, 5) is 14.4. The molecule has 0 unspecified atom stereocenters. The van der Waals surface area contributed by atoms with Gasteiger partial charge in [-0.25, -0.2) is 0 Å². The Morgan fingerprint density at radius 2 is 2.33 bits per heavy atom. The SMILES string of the molecule is CC(=O)C=Cc1cncc(Cl)c1. The largest absolute Gasteiger partial charge is 0.295 e. The molecule has 0 fully saturated rings. The Balaban J connectivity index is 2.83. The van der Waals surface area contributed by atoms with Gasteiger partial charge >= 0.3 is 0 Å². The molecule has 1 aromatic rings. The average molecular weight is 182 g/mol. The van der Waals surface area contributed by atoms with Crippen LogP contribution in [0.3, 0.4) is 0 Å². The second-order valence-corrected chi connectivity index (χ2v) is 2.82. The third kappa shape index (κ3) is 2.84. The van der Waals surface area contributed by atoms with Crippen molar-refractivity contribution in [1.29, 1.82) is 0 Å². The van der Waals surface area contributed by atoms with E-state index in [2.05, 4.69) is 4.98 Å². The van der Waals surface area contributed by atoms with E-state index in [1.165, 1.54) is 13.0 Å². The third-order valence-corrected chi connectivity index (χ3v) is 1.44. The topological polar surface area (TPSA) is 30.0 Å². The van der Waals surface area contributed by atoms with Gasteiger partial charge in [-0.2, -0.15) is 0 Å². The van der Waals surface area contributed by atoms with E-state index in [4.69, 9.17) is 11.6 Å². The summed E-state index contributed by atoms with van der Waals surface area (Å²) in [6, 6.07) is 1.74. The first-order chi connectivity index (χ1) is 5.68. The minimum Gasteiger partial charge on any atom is -0.295 e. The van der Waals surface area contributed by atoms with Crippen molar-refractivity contribution in [3.05, 3.63) is 35.1 Å². The van der Waals surface area contributed by atoms with Crippen LogP contribution in [0.15, 0.2) is 24.5 Å². The molecule has 0 N–H and O–H groups in total. The van der Waals surface area contributed by atoms with Gasteiger partial charge in [0.1, 0.15) is 0 Å². The summed E-state index contributed by atoms with van der Waals surface area (Å²) in [6.07, 6.45) is 6.35. The summed E-state index contributed by atoms with van der Waals surface area (Å²) in [6.45, 7) is 1.49. The molecule has 3 heteroatoms.